The fourth-order valence-corrected chi connectivity index (χ4v) is 1.39. The number of benzene rings is 1. The summed E-state index contributed by atoms with van der Waals surface area (Å²) in [5, 5.41) is 22.0. The number of nitrogens with zero attached hydrogens (tertiary/aromatic N) is 2. The van der Waals surface area contributed by atoms with Crippen LogP contribution < -0.4 is 5.32 Å². The molecule has 0 aromatic heterocycles. The number of nitriles is 1. The van der Waals surface area contributed by atoms with Crippen LogP contribution in [0.1, 0.15) is 18.1 Å². The van der Waals surface area contributed by atoms with Crippen molar-refractivity contribution in [3.8, 4) is 6.07 Å². The van der Waals surface area contributed by atoms with Gasteiger partial charge in [0.2, 0.25) is 0 Å². The summed E-state index contributed by atoms with van der Waals surface area (Å²) in [5.41, 5.74) is -2.58. The third-order valence-electron chi connectivity index (χ3n) is 2.12. The van der Waals surface area contributed by atoms with Gasteiger partial charge in [0.1, 0.15) is 11.8 Å². The van der Waals surface area contributed by atoms with Crippen molar-refractivity contribution in [3.05, 3.63) is 33.4 Å². The molecule has 0 unspecified atom stereocenters. The number of rotatable bonds is 3. The van der Waals surface area contributed by atoms with Gasteiger partial charge in [-0.15, -0.1) is 0 Å². The first-order chi connectivity index (χ1) is 8.31. The predicted octanol–water partition coefficient (Wildman–Crippen LogP) is 2.92. The topological polar surface area (TPSA) is 79.0 Å². The summed E-state index contributed by atoms with van der Waals surface area (Å²) in [6.45, 7) is 1.86. The summed E-state index contributed by atoms with van der Waals surface area (Å²) in [6.07, 6.45) is -4.74. The minimum atomic E-state index is -4.74. The van der Waals surface area contributed by atoms with Gasteiger partial charge in [-0.25, -0.2) is 0 Å². The zero-order valence-corrected chi connectivity index (χ0v) is 9.21. The lowest BCUT2D eigenvalue weighted by molar-refractivity contribution is -0.384. The SMILES string of the molecule is CCNc1c(C#N)cc(C(F)(F)F)cc1[N+](=O)[O-]. The molecule has 0 bridgehead atoms. The first-order valence-electron chi connectivity index (χ1n) is 4.84. The highest BCUT2D eigenvalue weighted by Gasteiger charge is 2.34. The van der Waals surface area contributed by atoms with Crippen molar-refractivity contribution in [2.75, 3.05) is 11.9 Å². The number of hydrogen-bond acceptors (Lipinski definition) is 4. The maximum absolute atomic E-state index is 12.5. The number of halogens is 3. The van der Waals surface area contributed by atoms with E-state index < -0.39 is 27.9 Å². The zero-order chi connectivity index (χ0) is 13.9. The van der Waals surface area contributed by atoms with Gasteiger partial charge in [0, 0.05) is 12.6 Å². The minimum absolute atomic E-state index is 0.196. The Hall–Kier alpha value is -2.30. The fourth-order valence-electron chi connectivity index (χ4n) is 1.39. The first-order valence-corrected chi connectivity index (χ1v) is 4.84. The van der Waals surface area contributed by atoms with Crippen molar-refractivity contribution in [2.45, 2.75) is 13.1 Å². The highest BCUT2D eigenvalue weighted by Crippen LogP contribution is 2.37. The van der Waals surface area contributed by atoms with Crippen molar-refractivity contribution in [1.29, 1.82) is 5.26 Å². The van der Waals surface area contributed by atoms with Crippen molar-refractivity contribution in [1.82, 2.24) is 0 Å². The second kappa shape index (κ2) is 4.91. The van der Waals surface area contributed by atoms with Crippen LogP contribution in [0.5, 0.6) is 0 Å². The van der Waals surface area contributed by atoms with Crippen LogP contribution in [0.15, 0.2) is 12.1 Å². The Labute approximate surface area is 100.0 Å². The van der Waals surface area contributed by atoms with E-state index in [1.54, 1.807) is 6.92 Å². The lowest BCUT2D eigenvalue weighted by Gasteiger charge is -2.11. The van der Waals surface area contributed by atoms with Crippen LogP contribution in [0.4, 0.5) is 24.5 Å². The third kappa shape index (κ3) is 2.68. The largest absolute Gasteiger partial charge is 0.416 e. The number of nitrogens with one attached hydrogen (secondary N) is 1. The zero-order valence-electron chi connectivity index (χ0n) is 9.21. The van der Waals surface area contributed by atoms with Gasteiger partial charge in [-0.1, -0.05) is 0 Å². The predicted molar refractivity (Wildman–Crippen MR) is 57.0 cm³/mol. The first kappa shape index (κ1) is 13.8. The number of nitro benzene ring substituents is 1. The van der Waals surface area contributed by atoms with Gasteiger partial charge >= 0.3 is 6.18 Å². The highest BCUT2D eigenvalue weighted by atomic mass is 19.4. The molecule has 0 amide bonds. The highest BCUT2D eigenvalue weighted by molar-refractivity contribution is 5.71. The maximum atomic E-state index is 12.5. The molecule has 1 N–H and O–H groups in total. The molecule has 1 aromatic carbocycles. The molecule has 0 aliphatic rings. The molecule has 0 heterocycles. The van der Waals surface area contributed by atoms with Crippen molar-refractivity contribution < 1.29 is 18.1 Å². The molecular weight excluding hydrogens is 251 g/mol. The molecule has 8 heteroatoms. The number of nitro groups is 1. The molecule has 0 aliphatic carbocycles. The molecule has 0 aliphatic heterocycles. The molecule has 0 saturated carbocycles. The number of alkyl halides is 3. The second-order valence-corrected chi connectivity index (χ2v) is 3.31. The molecule has 0 atom stereocenters. The van der Waals surface area contributed by atoms with Crippen LogP contribution in [-0.4, -0.2) is 11.5 Å². The van der Waals surface area contributed by atoms with Gasteiger partial charge in [-0.2, -0.15) is 18.4 Å². The van der Waals surface area contributed by atoms with Gasteiger partial charge in [-0.3, -0.25) is 10.1 Å². The molecule has 0 spiro atoms. The van der Waals surface area contributed by atoms with Gasteiger partial charge in [0.15, 0.2) is 0 Å². The molecule has 18 heavy (non-hydrogen) atoms. The van der Waals surface area contributed by atoms with Crippen molar-refractivity contribution >= 4 is 11.4 Å². The molecule has 0 saturated heterocycles. The molecule has 1 rings (SSSR count). The van der Waals surface area contributed by atoms with Gasteiger partial charge in [0.25, 0.3) is 5.69 Å². The van der Waals surface area contributed by atoms with E-state index in [2.05, 4.69) is 5.32 Å². The van der Waals surface area contributed by atoms with E-state index in [-0.39, 0.29) is 12.2 Å². The average Bonchev–Trinajstić information content (AvgIpc) is 2.27. The Morgan fingerprint density at radius 2 is 2.11 bits per heavy atom. The Balaban J connectivity index is 3.55. The molecule has 0 fully saturated rings. The normalized spacial score (nSPS) is 10.8. The van der Waals surface area contributed by atoms with Crippen molar-refractivity contribution in [2.24, 2.45) is 0 Å². The van der Waals surface area contributed by atoms with E-state index in [1.807, 2.05) is 0 Å². The smallest absolute Gasteiger partial charge is 0.379 e. The van der Waals surface area contributed by atoms with Crippen LogP contribution in [-0.2, 0) is 6.18 Å². The Bertz CT molecular complexity index is 520. The molecule has 5 nitrogen and oxygen atoms in total. The van der Waals surface area contributed by atoms with E-state index in [4.69, 9.17) is 5.26 Å². The monoisotopic (exact) mass is 259 g/mol. The Morgan fingerprint density at radius 3 is 2.50 bits per heavy atom. The van der Waals surface area contributed by atoms with Crippen LogP contribution >= 0.6 is 0 Å². The standard InChI is InChI=1S/C10H8F3N3O2/c1-2-15-9-6(5-14)3-7(10(11,12)13)4-8(9)16(17)18/h3-4,15H,2H2,1H3. The molecule has 1 aromatic rings. The van der Waals surface area contributed by atoms with Crippen LogP contribution in [0, 0.1) is 21.4 Å². The Kier molecular flexibility index (Phi) is 3.76. The summed E-state index contributed by atoms with van der Waals surface area (Å²) in [6, 6.07) is 2.52. The van der Waals surface area contributed by atoms with E-state index in [0.29, 0.717) is 12.1 Å². The Morgan fingerprint density at radius 1 is 1.50 bits per heavy atom. The van der Waals surface area contributed by atoms with E-state index in [0.717, 1.165) is 0 Å². The summed E-state index contributed by atoms with van der Waals surface area (Å²) in [5.74, 6) is 0. The molecule has 0 radical (unpaired) electrons. The summed E-state index contributed by atoms with van der Waals surface area (Å²) in [4.78, 5) is 9.78. The number of anilines is 1. The van der Waals surface area contributed by atoms with Crippen molar-refractivity contribution in [3.63, 3.8) is 0 Å². The lowest BCUT2D eigenvalue weighted by Crippen LogP contribution is -2.10. The quantitative estimate of drug-likeness (QED) is 0.668. The van der Waals surface area contributed by atoms with Gasteiger partial charge in [0.05, 0.1) is 16.1 Å². The molecular formula is C10H8F3N3O2. The number of hydrogen-bond donors (Lipinski definition) is 1. The van der Waals surface area contributed by atoms with Gasteiger partial charge in [-0.05, 0) is 13.0 Å². The summed E-state index contributed by atoms with van der Waals surface area (Å²) < 4.78 is 37.5. The van der Waals surface area contributed by atoms with Crippen LogP contribution in [0.2, 0.25) is 0 Å². The van der Waals surface area contributed by atoms with Gasteiger partial charge < -0.3 is 5.32 Å². The minimum Gasteiger partial charge on any atom is -0.379 e. The average molecular weight is 259 g/mol. The van der Waals surface area contributed by atoms with Crippen LogP contribution in [0.3, 0.4) is 0 Å². The summed E-state index contributed by atoms with van der Waals surface area (Å²) in [7, 11) is 0. The second-order valence-electron chi connectivity index (χ2n) is 3.31. The molecule has 96 valence electrons. The maximum Gasteiger partial charge on any atom is 0.416 e. The third-order valence-corrected chi connectivity index (χ3v) is 2.12. The fraction of sp³-hybridized carbons (Fsp3) is 0.300. The van der Waals surface area contributed by atoms with Crippen LogP contribution in [0.25, 0.3) is 0 Å². The summed E-state index contributed by atoms with van der Waals surface area (Å²) >= 11 is 0. The van der Waals surface area contributed by atoms with E-state index in [1.165, 1.54) is 6.07 Å². The van der Waals surface area contributed by atoms with E-state index in [9.17, 15) is 23.3 Å². The lowest BCUT2D eigenvalue weighted by atomic mass is 10.1. The van der Waals surface area contributed by atoms with E-state index >= 15 is 0 Å².